The lowest BCUT2D eigenvalue weighted by molar-refractivity contribution is 0.187. The highest BCUT2D eigenvalue weighted by molar-refractivity contribution is 7.91. The van der Waals surface area contributed by atoms with Crippen molar-refractivity contribution < 1.29 is 13.5 Å². The van der Waals surface area contributed by atoms with Crippen LogP contribution in [-0.4, -0.2) is 43.2 Å². The summed E-state index contributed by atoms with van der Waals surface area (Å²) in [5.41, 5.74) is -0.293. The molecular formula is C7H13NO3S. The van der Waals surface area contributed by atoms with Gasteiger partial charge in [0.05, 0.1) is 17.6 Å². The first-order valence-electron chi connectivity index (χ1n) is 4.15. The van der Waals surface area contributed by atoms with Crippen LogP contribution in [0.2, 0.25) is 0 Å². The number of rotatable bonds is 0. The number of aliphatic hydroxyl groups is 1. The molecule has 12 heavy (non-hydrogen) atoms. The molecule has 2 saturated heterocycles. The van der Waals surface area contributed by atoms with Crippen molar-refractivity contribution in [1.82, 2.24) is 5.32 Å². The molecule has 1 spiro atoms. The molecule has 0 aliphatic carbocycles. The normalized spacial score (nSPS) is 45.6. The largest absolute Gasteiger partial charge is 0.392 e. The van der Waals surface area contributed by atoms with Crippen molar-refractivity contribution in [3.63, 3.8) is 0 Å². The topological polar surface area (TPSA) is 66.4 Å². The molecule has 2 aliphatic heterocycles. The first-order chi connectivity index (χ1) is 5.52. The number of β-amino-alcohol motifs (C(OH)–C–C–N with tert-alkyl or cyclic N) is 1. The Labute approximate surface area is 71.9 Å². The third-order valence-corrected chi connectivity index (χ3v) is 4.55. The fraction of sp³-hybridized carbons (Fsp3) is 1.00. The Hall–Kier alpha value is -0.130. The Morgan fingerprint density at radius 3 is 2.67 bits per heavy atom. The van der Waals surface area contributed by atoms with Crippen molar-refractivity contribution in [1.29, 1.82) is 0 Å². The van der Waals surface area contributed by atoms with E-state index in [-0.39, 0.29) is 23.1 Å². The van der Waals surface area contributed by atoms with Gasteiger partial charge in [0.15, 0.2) is 9.84 Å². The van der Waals surface area contributed by atoms with Crippen LogP contribution in [-0.2, 0) is 9.84 Å². The summed E-state index contributed by atoms with van der Waals surface area (Å²) in [5.74, 6) is 0.476. The number of nitrogens with one attached hydrogen (secondary N) is 1. The molecular weight excluding hydrogens is 178 g/mol. The van der Waals surface area contributed by atoms with Crippen molar-refractivity contribution >= 4 is 9.84 Å². The summed E-state index contributed by atoms with van der Waals surface area (Å²) >= 11 is 0. The van der Waals surface area contributed by atoms with E-state index in [0.717, 1.165) is 0 Å². The predicted octanol–water partition coefficient (Wildman–Crippen LogP) is -1.10. The van der Waals surface area contributed by atoms with E-state index in [0.29, 0.717) is 19.4 Å². The first-order valence-corrected chi connectivity index (χ1v) is 5.97. The van der Waals surface area contributed by atoms with E-state index in [1.54, 1.807) is 0 Å². The molecule has 2 rings (SSSR count). The highest BCUT2D eigenvalue weighted by atomic mass is 32.2. The van der Waals surface area contributed by atoms with E-state index in [1.807, 2.05) is 0 Å². The molecule has 0 aromatic carbocycles. The minimum absolute atomic E-state index is 0.205. The van der Waals surface area contributed by atoms with Crippen LogP contribution in [0.3, 0.4) is 0 Å². The second kappa shape index (κ2) is 2.43. The van der Waals surface area contributed by atoms with Gasteiger partial charge in [-0.3, -0.25) is 0 Å². The summed E-state index contributed by atoms with van der Waals surface area (Å²) in [4.78, 5) is 0. The van der Waals surface area contributed by atoms with E-state index in [1.165, 1.54) is 0 Å². The van der Waals surface area contributed by atoms with Crippen molar-refractivity contribution in [3.8, 4) is 0 Å². The van der Waals surface area contributed by atoms with Gasteiger partial charge in [0.2, 0.25) is 0 Å². The number of sulfone groups is 1. The van der Waals surface area contributed by atoms with Crippen LogP contribution >= 0.6 is 0 Å². The van der Waals surface area contributed by atoms with Crippen molar-refractivity contribution in [3.05, 3.63) is 0 Å². The van der Waals surface area contributed by atoms with Crippen molar-refractivity contribution in [2.45, 2.75) is 24.5 Å². The minimum atomic E-state index is -2.84. The van der Waals surface area contributed by atoms with Crippen LogP contribution in [0, 0.1) is 0 Å². The molecule has 0 amide bonds. The smallest absolute Gasteiger partial charge is 0.152 e. The molecule has 2 unspecified atom stereocenters. The maximum atomic E-state index is 11.2. The molecule has 2 atom stereocenters. The highest BCUT2D eigenvalue weighted by Gasteiger charge is 2.46. The molecule has 2 aliphatic rings. The van der Waals surface area contributed by atoms with Crippen LogP contribution in [0.1, 0.15) is 12.8 Å². The summed E-state index contributed by atoms with van der Waals surface area (Å²) in [6.07, 6.45) is 0.886. The fourth-order valence-electron chi connectivity index (χ4n) is 2.15. The molecule has 2 N–H and O–H groups in total. The van der Waals surface area contributed by atoms with E-state index in [4.69, 9.17) is 0 Å². The third kappa shape index (κ3) is 1.36. The zero-order chi connectivity index (χ0) is 8.82. The zero-order valence-corrected chi connectivity index (χ0v) is 7.60. The van der Waals surface area contributed by atoms with Crippen LogP contribution in [0.15, 0.2) is 0 Å². The summed E-state index contributed by atoms with van der Waals surface area (Å²) < 4.78 is 22.4. The van der Waals surface area contributed by atoms with Gasteiger partial charge in [0, 0.05) is 12.1 Å². The van der Waals surface area contributed by atoms with Gasteiger partial charge in [0.25, 0.3) is 0 Å². The summed E-state index contributed by atoms with van der Waals surface area (Å²) in [6.45, 7) is 0.537. The second-order valence-electron chi connectivity index (χ2n) is 3.86. The minimum Gasteiger partial charge on any atom is -0.392 e. The van der Waals surface area contributed by atoms with Gasteiger partial charge in [-0.25, -0.2) is 8.42 Å². The van der Waals surface area contributed by atoms with Gasteiger partial charge in [-0.05, 0) is 12.8 Å². The Kier molecular flexibility index (Phi) is 1.72. The average molecular weight is 191 g/mol. The number of aliphatic hydroxyl groups excluding tert-OH is 1. The standard InChI is InChI=1S/C7H13NO3S/c9-6-3-7(8-4-6)1-2-12(10,11)5-7/h6,8-9H,1-5H2. The SMILES string of the molecule is O=S1(=O)CCC2(CC(O)CN2)C1. The predicted molar refractivity (Wildman–Crippen MR) is 44.6 cm³/mol. The Morgan fingerprint density at radius 1 is 1.50 bits per heavy atom. The lowest BCUT2D eigenvalue weighted by Crippen LogP contribution is -2.40. The molecule has 4 nitrogen and oxygen atoms in total. The van der Waals surface area contributed by atoms with E-state index in [2.05, 4.69) is 5.32 Å². The van der Waals surface area contributed by atoms with E-state index in [9.17, 15) is 13.5 Å². The summed E-state index contributed by atoms with van der Waals surface area (Å²) in [5, 5.41) is 12.4. The number of hydrogen-bond donors (Lipinski definition) is 2. The van der Waals surface area contributed by atoms with Crippen molar-refractivity contribution in [2.24, 2.45) is 0 Å². The third-order valence-electron chi connectivity index (χ3n) is 2.73. The second-order valence-corrected chi connectivity index (χ2v) is 6.05. The molecule has 0 aromatic heterocycles. The van der Waals surface area contributed by atoms with Gasteiger partial charge in [-0.2, -0.15) is 0 Å². The van der Waals surface area contributed by atoms with Crippen LogP contribution in [0.5, 0.6) is 0 Å². The first kappa shape index (κ1) is 8.47. The molecule has 0 saturated carbocycles. The average Bonchev–Trinajstić information content (AvgIpc) is 2.41. The maximum Gasteiger partial charge on any atom is 0.152 e. The molecule has 5 heteroatoms. The molecule has 2 heterocycles. The Bertz CT molecular complexity index is 287. The van der Waals surface area contributed by atoms with Gasteiger partial charge in [-0.15, -0.1) is 0 Å². The zero-order valence-electron chi connectivity index (χ0n) is 6.78. The highest BCUT2D eigenvalue weighted by Crippen LogP contribution is 2.31. The monoisotopic (exact) mass is 191 g/mol. The Morgan fingerprint density at radius 2 is 2.25 bits per heavy atom. The van der Waals surface area contributed by atoms with Crippen molar-refractivity contribution in [2.75, 3.05) is 18.1 Å². The van der Waals surface area contributed by atoms with Gasteiger partial charge in [-0.1, -0.05) is 0 Å². The lowest BCUT2D eigenvalue weighted by atomic mass is 9.96. The quantitative estimate of drug-likeness (QED) is 0.510. The molecule has 0 bridgehead atoms. The van der Waals surface area contributed by atoms with Crippen LogP contribution in [0.25, 0.3) is 0 Å². The fourth-order valence-corrected chi connectivity index (χ4v) is 4.20. The summed E-state index contributed by atoms with van der Waals surface area (Å²) in [7, 11) is -2.84. The summed E-state index contributed by atoms with van der Waals surface area (Å²) in [6, 6.07) is 0. The van der Waals surface area contributed by atoms with E-state index < -0.39 is 9.84 Å². The molecule has 70 valence electrons. The van der Waals surface area contributed by atoms with Gasteiger partial charge < -0.3 is 10.4 Å². The van der Waals surface area contributed by atoms with Gasteiger partial charge in [0.1, 0.15) is 0 Å². The van der Waals surface area contributed by atoms with Gasteiger partial charge >= 0.3 is 0 Å². The molecule has 0 aromatic rings. The van der Waals surface area contributed by atoms with Crippen LogP contribution in [0.4, 0.5) is 0 Å². The molecule has 0 radical (unpaired) electrons. The number of hydrogen-bond acceptors (Lipinski definition) is 4. The lowest BCUT2D eigenvalue weighted by Gasteiger charge is -2.20. The van der Waals surface area contributed by atoms with Crippen LogP contribution < -0.4 is 5.32 Å². The molecule has 2 fully saturated rings. The Balaban J connectivity index is 2.16. The maximum absolute atomic E-state index is 11.2. The van der Waals surface area contributed by atoms with E-state index >= 15 is 0 Å².